The molecule has 0 bridgehead atoms. The summed E-state index contributed by atoms with van der Waals surface area (Å²) in [4.78, 5) is 18.3. The van der Waals surface area contributed by atoms with Crippen molar-refractivity contribution in [2.24, 2.45) is 5.92 Å². The Hall–Kier alpha value is -0.413. The van der Waals surface area contributed by atoms with Crippen LogP contribution in [0.2, 0.25) is 5.04 Å². The minimum Gasteiger partial charge on any atom is -0.324 e. The lowest BCUT2D eigenvalue weighted by molar-refractivity contribution is 0.331. The van der Waals surface area contributed by atoms with Gasteiger partial charge in [-0.15, -0.1) is 19.7 Å². The molecule has 0 fully saturated rings. The summed E-state index contributed by atoms with van der Waals surface area (Å²) in [6.45, 7) is 11.1. The smallest absolute Gasteiger partial charge is 0.324 e. The van der Waals surface area contributed by atoms with Gasteiger partial charge in [0.25, 0.3) is 0 Å². The minimum atomic E-state index is -3.99. The van der Waals surface area contributed by atoms with E-state index < -0.39 is 7.60 Å². The Morgan fingerprint density at radius 3 is 1.94 bits per heavy atom. The molecule has 0 aromatic heterocycles. The Labute approximate surface area is 107 Å². The van der Waals surface area contributed by atoms with Gasteiger partial charge in [-0.1, -0.05) is 18.2 Å². The first-order valence-corrected chi connectivity index (χ1v) is 8.46. The third-order valence-electron chi connectivity index (χ3n) is 3.12. The van der Waals surface area contributed by atoms with E-state index in [0.29, 0.717) is 6.42 Å². The van der Waals surface area contributed by atoms with Gasteiger partial charge in [0, 0.05) is 10.2 Å². The summed E-state index contributed by atoms with van der Waals surface area (Å²) in [6.07, 6.45) is 7.46. The summed E-state index contributed by atoms with van der Waals surface area (Å²) < 4.78 is 11.2. The summed E-state index contributed by atoms with van der Waals surface area (Å²) in [6, 6.07) is 0. The molecule has 1 unspecified atom stereocenters. The van der Waals surface area contributed by atoms with Crippen molar-refractivity contribution in [3.63, 3.8) is 0 Å². The zero-order valence-electron chi connectivity index (χ0n) is 10.5. The molecule has 98 valence electrons. The second kappa shape index (κ2) is 7.12. The van der Waals surface area contributed by atoms with E-state index in [0.717, 1.165) is 23.1 Å². The van der Waals surface area contributed by atoms with Gasteiger partial charge in [0.15, 0.2) is 0 Å². The van der Waals surface area contributed by atoms with E-state index in [1.165, 1.54) is 0 Å². The van der Waals surface area contributed by atoms with Crippen LogP contribution in [0.25, 0.3) is 0 Å². The second-order valence-corrected chi connectivity index (χ2v) is 8.39. The highest BCUT2D eigenvalue weighted by atomic mass is 31.2. The van der Waals surface area contributed by atoms with Crippen molar-refractivity contribution < 1.29 is 14.4 Å². The maximum absolute atomic E-state index is 11.2. The molecule has 1 atom stereocenters. The summed E-state index contributed by atoms with van der Waals surface area (Å²) in [5.74, 6) is -0.0523. The van der Waals surface area contributed by atoms with E-state index in [9.17, 15) is 4.57 Å². The predicted octanol–water partition coefficient (Wildman–Crippen LogP) is 2.03. The summed E-state index contributed by atoms with van der Waals surface area (Å²) >= 11 is 0. The van der Waals surface area contributed by atoms with Gasteiger partial charge in [-0.3, -0.25) is 4.57 Å². The zero-order chi connectivity index (χ0) is 13.5. The molecule has 5 heteroatoms. The standard InChI is InChI=1S/C12H23O3PSi/c1-4-7-11(10-16(13,14)15)12(17,8-5-2)9-6-3/h4-6,11H,1-3,7-10H2,17H3,(H2,13,14,15). The first-order valence-electron chi connectivity index (χ1n) is 5.66. The molecule has 0 aliphatic heterocycles. The number of hydrogen-bond acceptors (Lipinski definition) is 1. The van der Waals surface area contributed by atoms with Crippen molar-refractivity contribution in [1.82, 2.24) is 0 Å². The highest BCUT2D eigenvalue weighted by Crippen LogP contribution is 2.49. The van der Waals surface area contributed by atoms with Crippen molar-refractivity contribution >= 4 is 17.8 Å². The van der Waals surface area contributed by atoms with Crippen molar-refractivity contribution in [3.05, 3.63) is 38.0 Å². The molecule has 0 aromatic carbocycles. The van der Waals surface area contributed by atoms with Gasteiger partial charge in [-0.05, 0) is 30.2 Å². The molecule has 0 aliphatic rings. The Balaban J connectivity index is 5.06. The number of rotatable bonds is 9. The molecule has 0 rings (SSSR count). The van der Waals surface area contributed by atoms with E-state index in [2.05, 4.69) is 19.7 Å². The molecule has 17 heavy (non-hydrogen) atoms. The maximum Gasteiger partial charge on any atom is 0.325 e. The van der Waals surface area contributed by atoms with Gasteiger partial charge >= 0.3 is 7.60 Å². The monoisotopic (exact) mass is 274 g/mol. The molecule has 3 nitrogen and oxygen atoms in total. The van der Waals surface area contributed by atoms with Crippen molar-refractivity contribution in [1.29, 1.82) is 0 Å². The minimum absolute atomic E-state index is 0.0523. The van der Waals surface area contributed by atoms with Crippen LogP contribution in [0.15, 0.2) is 38.0 Å². The quantitative estimate of drug-likeness (QED) is 0.384. The molecule has 0 saturated carbocycles. The van der Waals surface area contributed by atoms with Crippen LogP contribution in [0.1, 0.15) is 19.3 Å². The van der Waals surface area contributed by atoms with Gasteiger partial charge in [0.2, 0.25) is 0 Å². The van der Waals surface area contributed by atoms with Gasteiger partial charge < -0.3 is 9.79 Å². The van der Waals surface area contributed by atoms with Crippen LogP contribution in [0.3, 0.4) is 0 Å². The Morgan fingerprint density at radius 1 is 1.18 bits per heavy atom. The normalized spacial score (nSPS) is 14.2. The van der Waals surface area contributed by atoms with Gasteiger partial charge in [-0.25, -0.2) is 0 Å². The Morgan fingerprint density at radius 2 is 1.65 bits per heavy atom. The molecule has 0 radical (unpaired) electrons. The maximum atomic E-state index is 11.2. The lowest BCUT2D eigenvalue weighted by Crippen LogP contribution is -2.26. The van der Waals surface area contributed by atoms with Crippen molar-refractivity contribution in [2.45, 2.75) is 24.3 Å². The Kier molecular flexibility index (Phi) is 6.94. The molecule has 0 aliphatic carbocycles. The average Bonchev–Trinajstić information content (AvgIpc) is 2.16. The summed E-state index contributed by atoms with van der Waals surface area (Å²) in [5.41, 5.74) is 0. The second-order valence-electron chi connectivity index (χ2n) is 4.71. The van der Waals surface area contributed by atoms with Gasteiger partial charge in [0.1, 0.15) is 0 Å². The van der Waals surface area contributed by atoms with E-state index in [-0.39, 0.29) is 17.1 Å². The fraction of sp³-hybridized carbons (Fsp3) is 0.500. The van der Waals surface area contributed by atoms with Crippen molar-refractivity contribution in [2.75, 3.05) is 6.16 Å². The molecular weight excluding hydrogens is 251 g/mol. The van der Waals surface area contributed by atoms with Crippen LogP contribution in [0, 0.1) is 5.92 Å². The topological polar surface area (TPSA) is 57.5 Å². The average molecular weight is 274 g/mol. The molecule has 0 aromatic rings. The molecule has 0 spiro atoms. The summed E-state index contributed by atoms with van der Waals surface area (Å²) in [7, 11) is -3.14. The highest BCUT2D eigenvalue weighted by Gasteiger charge is 2.35. The van der Waals surface area contributed by atoms with Crippen LogP contribution < -0.4 is 0 Å². The fourth-order valence-corrected chi connectivity index (χ4v) is 4.67. The van der Waals surface area contributed by atoms with Crippen molar-refractivity contribution in [3.8, 4) is 0 Å². The predicted molar refractivity (Wildman–Crippen MR) is 77.5 cm³/mol. The van der Waals surface area contributed by atoms with Crippen LogP contribution in [-0.4, -0.2) is 26.2 Å². The van der Waals surface area contributed by atoms with Gasteiger partial charge in [-0.2, -0.15) is 0 Å². The van der Waals surface area contributed by atoms with Crippen LogP contribution in [0.4, 0.5) is 0 Å². The first kappa shape index (κ1) is 16.6. The number of allylic oxidation sites excluding steroid dienone is 3. The largest absolute Gasteiger partial charge is 0.325 e. The van der Waals surface area contributed by atoms with E-state index >= 15 is 0 Å². The Bertz CT molecular complexity index is 312. The van der Waals surface area contributed by atoms with E-state index in [1.807, 2.05) is 12.2 Å². The lowest BCUT2D eigenvalue weighted by Gasteiger charge is -2.36. The van der Waals surface area contributed by atoms with Crippen LogP contribution in [0.5, 0.6) is 0 Å². The lowest BCUT2D eigenvalue weighted by atomic mass is 9.84. The van der Waals surface area contributed by atoms with E-state index in [4.69, 9.17) is 9.79 Å². The third kappa shape index (κ3) is 6.17. The first-order chi connectivity index (χ1) is 7.79. The van der Waals surface area contributed by atoms with Crippen LogP contribution >= 0.6 is 7.60 Å². The molecule has 0 heterocycles. The fourth-order valence-electron chi connectivity index (χ4n) is 2.14. The van der Waals surface area contributed by atoms with Gasteiger partial charge in [0.05, 0.1) is 6.16 Å². The molecular formula is C12H23O3PSi. The highest BCUT2D eigenvalue weighted by molar-refractivity contribution is 7.51. The SMILES string of the molecule is C=CCC(CP(=O)(O)O)C([SiH3])(CC=C)CC=C. The zero-order valence-corrected chi connectivity index (χ0v) is 13.4. The number of hydrogen-bond donors (Lipinski definition) is 2. The third-order valence-corrected chi connectivity index (χ3v) is 5.67. The summed E-state index contributed by atoms with van der Waals surface area (Å²) in [5, 5.41) is -0.0845. The molecule has 0 saturated heterocycles. The van der Waals surface area contributed by atoms with Crippen LogP contribution in [-0.2, 0) is 4.57 Å². The van der Waals surface area contributed by atoms with E-state index in [1.54, 1.807) is 6.08 Å². The molecule has 0 amide bonds. The molecule has 2 N–H and O–H groups in total.